The van der Waals surface area contributed by atoms with Crippen LogP contribution >= 0.6 is 0 Å². The van der Waals surface area contributed by atoms with E-state index in [9.17, 15) is 9.59 Å². The minimum atomic E-state index is -0.727. The molecule has 0 aromatic heterocycles. The van der Waals surface area contributed by atoms with Gasteiger partial charge in [0.15, 0.2) is 6.10 Å². The fraction of sp³-hybridized carbons (Fsp3) is 0.222. The average Bonchev–Trinajstić information content (AvgIpc) is 2.54. The van der Waals surface area contributed by atoms with Gasteiger partial charge in [-0.3, -0.25) is 20.4 Å². The first-order chi connectivity index (χ1) is 11.0. The molecule has 0 saturated heterocycles. The summed E-state index contributed by atoms with van der Waals surface area (Å²) in [5, 5.41) is 0. The van der Waals surface area contributed by atoms with Gasteiger partial charge in [-0.25, -0.2) is 0 Å². The third-order valence-electron chi connectivity index (χ3n) is 3.39. The molecule has 0 aliphatic carbocycles. The number of ether oxygens (including phenoxy) is 1. The summed E-state index contributed by atoms with van der Waals surface area (Å²) in [4.78, 5) is 24.0. The summed E-state index contributed by atoms with van der Waals surface area (Å²) in [5.41, 5.74) is 7.23. The zero-order valence-electron chi connectivity index (χ0n) is 13.4. The van der Waals surface area contributed by atoms with Crippen LogP contribution in [0.3, 0.4) is 0 Å². The summed E-state index contributed by atoms with van der Waals surface area (Å²) in [6.45, 7) is 5.43. The summed E-state index contributed by atoms with van der Waals surface area (Å²) in [6.07, 6.45) is -0.727. The Morgan fingerprint density at radius 1 is 0.957 bits per heavy atom. The molecule has 5 heteroatoms. The van der Waals surface area contributed by atoms with E-state index < -0.39 is 12.0 Å². The van der Waals surface area contributed by atoms with Gasteiger partial charge in [-0.1, -0.05) is 35.9 Å². The Balaban J connectivity index is 1.87. The topological polar surface area (TPSA) is 67.4 Å². The van der Waals surface area contributed by atoms with Crippen LogP contribution in [0.2, 0.25) is 0 Å². The lowest BCUT2D eigenvalue weighted by Crippen LogP contribution is -2.47. The second-order valence-corrected chi connectivity index (χ2v) is 5.33. The lowest BCUT2D eigenvalue weighted by atomic mass is 10.1. The first-order valence-electron chi connectivity index (χ1n) is 7.36. The maximum Gasteiger partial charge on any atom is 0.279 e. The van der Waals surface area contributed by atoms with Crippen molar-refractivity contribution in [1.29, 1.82) is 0 Å². The summed E-state index contributed by atoms with van der Waals surface area (Å²) in [5.74, 6) is -0.185. The van der Waals surface area contributed by atoms with Crippen molar-refractivity contribution in [1.82, 2.24) is 10.9 Å². The first kappa shape index (κ1) is 16.5. The molecule has 2 aromatic carbocycles. The van der Waals surface area contributed by atoms with Crippen LogP contribution in [0.15, 0.2) is 48.5 Å². The SMILES string of the molecule is Cc1ccc(OC(C)C(=O)NNC(=O)c2ccccc2C)cc1. The normalized spacial score (nSPS) is 11.4. The second kappa shape index (κ2) is 7.45. The smallest absolute Gasteiger partial charge is 0.279 e. The number of carbonyl (C=O) groups is 2. The van der Waals surface area contributed by atoms with Crippen LogP contribution in [0.1, 0.15) is 28.4 Å². The Hall–Kier alpha value is -2.82. The predicted molar refractivity (Wildman–Crippen MR) is 88.1 cm³/mol. The number of amides is 2. The number of hydrazine groups is 1. The van der Waals surface area contributed by atoms with Crippen LogP contribution in [-0.2, 0) is 4.79 Å². The van der Waals surface area contributed by atoms with Gasteiger partial charge in [-0.2, -0.15) is 0 Å². The van der Waals surface area contributed by atoms with Crippen molar-refractivity contribution in [3.63, 3.8) is 0 Å². The molecule has 1 atom stereocenters. The van der Waals surface area contributed by atoms with E-state index in [0.29, 0.717) is 11.3 Å². The van der Waals surface area contributed by atoms with Crippen molar-refractivity contribution >= 4 is 11.8 Å². The van der Waals surface area contributed by atoms with Crippen molar-refractivity contribution in [2.45, 2.75) is 26.9 Å². The van der Waals surface area contributed by atoms with E-state index in [1.54, 1.807) is 31.2 Å². The van der Waals surface area contributed by atoms with Crippen molar-refractivity contribution in [3.8, 4) is 5.75 Å². The van der Waals surface area contributed by atoms with E-state index in [4.69, 9.17) is 4.74 Å². The molecule has 0 aliphatic rings. The first-order valence-corrected chi connectivity index (χ1v) is 7.36. The highest BCUT2D eigenvalue weighted by molar-refractivity contribution is 5.96. The average molecular weight is 312 g/mol. The highest BCUT2D eigenvalue weighted by atomic mass is 16.5. The molecule has 0 fully saturated rings. The minimum absolute atomic E-state index is 0.362. The summed E-state index contributed by atoms with van der Waals surface area (Å²) in [7, 11) is 0. The predicted octanol–water partition coefficient (Wildman–Crippen LogP) is 2.53. The monoisotopic (exact) mass is 312 g/mol. The number of hydrogen-bond acceptors (Lipinski definition) is 3. The summed E-state index contributed by atoms with van der Waals surface area (Å²) in [6, 6.07) is 14.5. The molecule has 0 spiro atoms. The number of rotatable bonds is 4. The van der Waals surface area contributed by atoms with Crippen LogP contribution in [0.25, 0.3) is 0 Å². The van der Waals surface area contributed by atoms with Crippen molar-refractivity contribution in [3.05, 3.63) is 65.2 Å². The van der Waals surface area contributed by atoms with E-state index in [2.05, 4.69) is 10.9 Å². The molecular weight excluding hydrogens is 292 g/mol. The van der Waals surface area contributed by atoms with Gasteiger partial charge in [0.25, 0.3) is 11.8 Å². The quantitative estimate of drug-likeness (QED) is 0.853. The molecule has 5 nitrogen and oxygen atoms in total. The van der Waals surface area contributed by atoms with Gasteiger partial charge in [0.05, 0.1) is 0 Å². The van der Waals surface area contributed by atoms with Crippen LogP contribution in [0.5, 0.6) is 5.75 Å². The van der Waals surface area contributed by atoms with Crippen LogP contribution in [0, 0.1) is 13.8 Å². The molecule has 2 aromatic rings. The highest BCUT2D eigenvalue weighted by Gasteiger charge is 2.16. The van der Waals surface area contributed by atoms with E-state index in [-0.39, 0.29) is 5.91 Å². The van der Waals surface area contributed by atoms with Gasteiger partial charge in [0, 0.05) is 5.56 Å². The molecule has 0 saturated carbocycles. The minimum Gasteiger partial charge on any atom is -0.481 e. The number of benzene rings is 2. The Morgan fingerprint density at radius 3 is 2.26 bits per heavy atom. The van der Waals surface area contributed by atoms with E-state index in [1.807, 2.05) is 38.1 Å². The third kappa shape index (κ3) is 4.57. The van der Waals surface area contributed by atoms with Crippen LogP contribution < -0.4 is 15.6 Å². The van der Waals surface area contributed by atoms with Gasteiger partial charge < -0.3 is 4.74 Å². The Kier molecular flexibility index (Phi) is 5.36. The maximum atomic E-state index is 12.0. The van der Waals surface area contributed by atoms with Gasteiger partial charge >= 0.3 is 0 Å². The van der Waals surface area contributed by atoms with E-state index >= 15 is 0 Å². The molecule has 2 rings (SSSR count). The molecule has 23 heavy (non-hydrogen) atoms. The van der Waals surface area contributed by atoms with Crippen molar-refractivity contribution in [2.75, 3.05) is 0 Å². The van der Waals surface area contributed by atoms with E-state index in [1.165, 1.54) is 0 Å². The highest BCUT2D eigenvalue weighted by Crippen LogP contribution is 2.13. The van der Waals surface area contributed by atoms with Crippen LogP contribution in [-0.4, -0.2) is 17.9 Å². The zero-order chi connectivity index (χ0) is 16.8. The number of nitrogens with one attached hydrogen (secondary N) is 2. The second-order valence-electron chi connectivity index (χ2n) is 5.33. The molecule has 0 radical (unpaired) electrons. The third-order valence-corrected chi connectivity index (χ3v) is 3.39. The fourth-order valence-corrected chi connectivity index (χ4v) is 1.99. The van der Waals surface area contributed by atoms with E-state index in [0.717, 1.165) is 11.1 Å². The molecular formula is C18H20N2O3. The standard InChI is InChI=1S/C18H20N2O3/c1-12-8-10-15(11-9-12)23-14(3)17(21)19-20-18(22)16-7-5-4-6-13(16)2/h4-11,14H,1-3H3,(H,19,21)(H,20,22). The Bertz CT molecular complexity index is 696. The Morgan fingerprint density at radius 2 is 1.61 bits per heavy atom. The van der Waals surface area contributed by atoms with Gasteiger partial charge in [0.1, 0.15) is 5.75 Å². The maximum absolute atomic E-state index is 12.0. The molecule has 0 aliphatic heterocycles. The van der Waals surface area contributed by atoms with Gasteiger partial charge in [-0.15, -0.1) is 0 Å². The Labute approximate surface area is 135 Å². The lowest BCUT2D eigenvalue weighted by Gasteiger charge is -2.15. The fourth-order valence-electron chi connectivity index (χ4n) is 1.99. The number of carbonyl (C=O) groups excluding carboxylic acids is 2. The zero-order valence-corrected chi connectivity index (χ0v) is 13.4. The van der Waals surface area contributed by atoms with Crippen molar-refractivity contribution < 1.29 is 14.3 Å². The van der Waals surface area contributed by atoms with Crippen molar-refractivity contribution in [2.24, 2.45) is 0 Å². The molecule has 0 bridgehead atoms. The van der Waals surface area contributed by atoms with Gasteiger partial charge in [0.2, 0.25) is 0 Å². The summed E-state index contributed by atoms with van der Waals surface area (Å²) < 4.78 is 5.53. The molecule has 120 valence electrons. The molecule has 1 unspecified atom stereocenters. The van der Waals surface area contributed by atoms with Gasteiger partial charge in [-0.05, 0) is 44.5 Å². The molecule has 2 amide bonds. The van der Waals surface area contributed by atoms with Crippen LogP contribution in [0.4, 0.5) is 0 Å². The lowest BCUT2D eigenvalue weighted by molar-refractivity contribution is -0.128. The number of hydrogen-bond donors (Lipinski definition) is 2. The molecule has 0 heterocycles. The number of aryl methyl sites for hydroxylation is 2. The largest absolute Gasteiger partial charge is 0.481 e. The summed E-state index contributed by atoms with van der Waals surface area (Å²) >= 11 is 0. The molecule has 2 N–H and O–H groups in total.